The minimum atomic E-state index is -0.432. The number of rotatable bonds is 4. The Morgan fingerprint density at radius 2 is 1.44 bits per heavy atom. The van der Waals surface area contributed by atoms with Gasteiger partial charge in [-0.05, 0) is 52.9 Å². The van der Waals surface area contributed by atoms with Gasteiger partial charge in [-0.15, -0.1) is 23.1 Å². The smallest absolute Gasteiger partial charge is 0.319 e. The van der Waals surface area contributed by atoms with Crippen LogP contribution in [-0.2, 0) is 26.5 Å². The molecule has 0 aliphatic heterocycles. The zero-order chi connectivity index (χ0) is 29.4. The van der Waals surface area contributed by atoms with Crippen molar-refractivity contribution < 1.29 is 21.1 Å². The van der Waals surface area contributed by atoms with Gasteiger partial charge in [0.05, 0.1) is 4.70 Å². The number of hydrogen-bond acceptors (Lipinski definition) is 4. The van der Waals surface area contributed by atoms with Gasteiger partial charge in [-0.3, -0.25) is 8.77 Å². The molecule has 9 rings (SSSR count). The van der Waals surface area contributed by atoms with Gasteiger partial charge in [0.1, 0.15) is 11.5 Å². The van der Waals surface area contributed by atoms with E-state index in [1.54, 1.807) is 11.5 Å². The summed E-state index contributed by atoms with van der Waals surface area (Å²) in [4.78, 5) is 14.6. The molecular weight excluding hydrogens is 754 g/mol. The van der Waals surface area contributed by atoms with Gasteiger partial charge in [-0.1, -0.05) is 85.0 Å². The van der Waals surface area contributed by atoms with E-state index in [4.69, 9.17) is 15.0 Å². The van der Waals surface area contributed by atoms with Gasteiger partial charge in [0.25, 0.3) is 0 Å². The molecule has 0 aliphatic carbocycles. The van der Waals surface area contributed by atoms with Crippen molar-refractivity contribution in [2.75, 3.05) is 0 Å². The van der Waals surface area contributed by atoms with E-state index >= 15 is 0 Å². The Morgan fingerprint density at radius 1 is 0.689 bits per heavy atom. The molecule has 5 nitrogen and oxygen atoms in total. The van der Waals surface area contributed by atoms with Crippen molar-refractivity contribution in [3.63, 3.8) is 0 Å². The van der Waals surface area contributed by atoms with Gasteiger partial charge < -0.3 is 9.55 Å². The first-order chi connectivity index (χ1) is 21.6. The molecule has 0 radical (unpaired) electrons. The Balaban J connectivity index is 0.00000300. The summed E-state index contributed by atoms with van der Waals surface area (Å²) in [6.45, 7) is 4.50. The van der Waals surface area contributed by atoms with Crippen LogP contribution in [-0.4, -0.2) is 23.3 Å². The summed E-state index contributed by atoms with van der Waals surface area (Å²) in [6.07, 6.45) is 3.67. The second kappa shape index (κ2) is 10.5. The van der Waals surface area contributed by atoms with Crippen LogP contribution in [0.5, 0.6) is 0 Å². The SMILES string of the molecule is CC(C)(c1[c-]c2c(cc1)c1ccccc1n2-c1ccccn1)c1[c-]c(-c2ccccn2)c2nc3c4ccccc4sn3c2c1.[Pt+2]. The molecule has 7 heteroatoms. The molecule has 0 atom stereocenters. The third kappa shape index (κ3) is 4.20. The molecule has 0 spiro atoms. The largest absolute Gasteiger partial charge is 2.00 e. The second-order valence-corrected chi connectivity index (χ2v) is 12.6. The first-order valence-corrected chi connectivity index (χ1v) is 15.4. The topological polar surface area (TPSA) is 48.0 Å². The molecule has 218 valence electrons. The van der Waals surface area contributed by atoms with Crippen LogP contribution in [0.3, 0.4) is 0 Å². The van der Waals surface area contributed by atoms with Gasteiger partial charge in [0, 0.05) is 34.3 Å². The Hall–Kier alpha value is -4.64. The Morgan fingerprint density at radius 3 is 2.24 bits per heavy atom. The molecule has 45 heavy (non-hydrogen) atoms. The fourth-order valence-corrected chi connectivity index (χ4v) is 7.40. The van der Waals surface area contributed by atoms with Crippen LogP contribution in [0.4, 0.5) is 0 Å². The van der Waals surface area contributed by atoms with E-state index in [1.807, 2.05) is 48.8 Å². The van der Waals surface area contributed by atoms with Gasteiger partial charge in [0.15, 0.2) is 0 Å². The molecule has 0 unspecified atom stereocenters. The fourth-order valence-electron chi connectivity index (χ4n) is 6.35. The van der Waals surface area contributed by atoms with Gasteiger partial charge in [0.2, 0.25) is 0 Å². The number of para-hydroxylation sites is 1. The van der Waals surface area contributed by atoms with Crippen molar-refractivity contribution in [1.82, 2.24) is 23.3 Å². The Labute approximate surface area is 278 Å². The van der Waals surface area contributed by atoms with E-state index in [9.17, 15) is 0 Å². The summed E-state index contributed by atoms with van der Waals surface area (Å²) >= 11 is 1.72. The van der Waals surface area contributed by atoms with E-state index in [0.29, 0.717) is 0 Å². The molecular formula is C38H25N5PtS. The van der Waals surface area contributed by atoms with Crippen LogP contribution in [0.2, 0.25) is 0 Å². The summed E-state index contributed by atoms with van der Waals surface area (Å²) in [5.74, 6) is 0.877. The molecule has 0 aliphatic rings. The Bertz CT molecular complexity index is 2530. The third-order valence-electron chi connectivity index (χ3n) is 8.70. The quantitative estimate of drug-likeness (QED) is 0.168. The number of benzene rings is 4. The van der Waals surface area contributed by atoms with E-state index in [2.05, 4.69) is 101 Å². The maximum Gasteiger partial charge on any atom is 2.00 e. The average molecular weight is 779 g/mol. The van der Waals surface area contributed by atoms with Crippen molar-refractivity contribution in [1.29, 1.82) is 0 Å². The molecule has 5 aromatic heterocycles. The van der Waals surface area contributed by atoms with E-state index in [-0.39, 0.29) is 21.1 Å². The minimum absolute atomic E-state index is 0. The number of fused-ring (bicyclic) bond motifs is 8. The molecule has 0 amide bonds. The number of aromatic nitrogens is 5. The normalized spacial score (nSPS) is 12.0. The van der Waals surface area contributed by atoms with Crippen LogP contribution in [0.15, 0.2) is 116 Å². The molecule has 5 heterocycles. The summed E-state index contributed by atoms with van der Waals surface area (Å²) in [7, 11) is 0. The zero-order valence-corrected chi connectivity index (χ0v) is 27.5. The summed E-state index contributed by atoms with van der Waals surface area (Å²) < 4.78 is 5.69. The zero-order valence-electron chi connectivity index (χ0n) is 24.4. The maximum atomic E-state index is 5.17. The fraction of sp³-hybridized carbons (Fsp3) is 0.0789. The van der Waals surface area contributed by atoms with Crippen LogP contribution >= 0.6 is 11.5 Å². The third-order valence-corrected chi connectivity index (χ3v) is 9.80. The van der Waals surface area contributed by atoms with E-state index in [0.717, 1.165) is 66.7 Å². The molecule has 0 saturated heterocycles. The standard InChI is InChI=1S/C38H25N5S.Pt/c1-38(2,24-17-18-27-26-11-3-5-14-31(26)42(32(27)22-24)35-16-8-10-20-40-35)25-21-29(30-13-7-9-19-39-30)36-33(23-25)43-37(41-36)28-12-4-6-15-34(28)44-43;/h3-20,23H,1-2H3;/q-2;+2. The van der Waals surface area contributed by atoms with Gasteiger partial charge in [-0.25, -0.2) is 4.98 Å². The predicted octanol–water partition coefficient (Wildman–Crippen LogP) is 9.18. The summed E-state index contributed by atoms with van der Waals surface area (Å²) in [6, 6.07) is 43.3. The predicted molar refractivity (Wildman–Crippen MR) is 180 cm³/mol. The van der Waals surface area contributed by atoms with Crippen LogP contribution in [0.1, 0.15) is 25.0 Å². The van der Waals surface area contributed by atoms with Crippen molar-refractivity contribution in [2.45, 2.75) is 19.3 Å². The van der Waals surface area contributed by atoms with Crippen LogP contribution in [0.25, 0.3) is 65.6 Å². The number of nitrogens with zero attached hydrogens (tertiary/aromatic N) is 5. The average Bonchev–Trinajstić information content (AvgIpc) is 3.73. The second-order valence-electron chi connectivity index (χ2n) is 11.6. The van der Waals surface area contributed by atoms with Crippen LogP contribution < -0.4 is 0 Å². The van der Waals surface area contributed by atoms with Crippen molar-refractivity contribution in [3.8, 4) is 17.1 Å². The number of pyridine rings is 2. The summed E-state index contributed by atoms with van der Waals surface area (Å²) in [5, 5.41) is 3.50. The molecule has 0 saturated carbocycles. The van der Waals surface area contributed by atoms with Crippen LogP contribution in [0, 0.1) is 12.1 Å². The molecule has 0 N–H and O–H groups in total. The first kappa shape index (κ1) is 27.9. The monoisotopic (exact) mass is 778 g/mol. The maximum absolute atomic E-state index is 5.17. The number of imidazole rings is 1. The molecule has 4 aromatic carbocycles. The van der Waals surface area contributed by atoms with E-state index in [1.165, 1.54) is 10.1 Å². The van der Waals surface area contributed by atoms with Gasteiger partial charge in [-0.2, -0.15) is 23.8 Å². The molecule has 0 fully saturated rings. The van der Waals surface area contributed by atoms with Crippen molar-refractivity contribution >= 4 is 60.1 Å². The minimum Gasteiger partial charge on any atom is -0.319 e. The Kier molecular flexibility index (Phi) is 6.49. The molecule has 9 aromatic rings. The molecule has 0 bridgehead atoms. The summed E-state index contributed by atoms with van der Waals surface area (Å²) in [5.41, 5.74) is 8.54. The van der Waals surface area contributed by atoms with Gasteiger partial charge >= 0.3 is 21.1 Å². The van der Waals surface area contributed by atoms with Crippen molar-refractivity contribution in [3.05, 3.63) is 139 Å². The first-order valence-electron chi connectivity index (χ1n) is 14.6. The number of hydrogen-bond donors (Lipinski definition) is 0. The van der Waals surface area contributed by atoms with Crippen molar-refractivity contribution in [2.24, 2.45) is 0 Å². The van der Waals surface area contributed by atoms with E-state index < -0.39 is 5.41 Å².